The van der Waals surface area contributed by atoms with Crippen molar-refractivity contribution in [2.75, 3.05) is 140 Å². The molecule has 0 bridgehead atoms. The van der Waals surface area contributed by atoms with Crippen molar-refractivity contribution >= 4 is 34.2 Å². The highest BCUT2D eigenvalue weighted by atomic mass is 31.2. The quantitative estimate of drug-likeness (QED) is 0.0601. The second kappa shape index (κ2) is 33.7. The van der Waals surface area contributed by atoms with Crippen molar-refractivity contribution in [2.45, 2.75) is 138 Å². The van der Waals surface area contributed by atoms with Gasteiger partial charge in [0, 0.05) is 59.5 Å². The van der Waals surface area contributed by atoms with Gasteiger partial charge in [0.2, 0.25) is 0 Å². The van der Waals surface area contributed by atoms with Gasteiger partial charge in [-0.05, 0) is 120 Å². The molecule has 0 N–H and O–H groups in total. The van der Waals surface area contributed by atoms with E-state index in [1.54, 1.807) is 0 Å². The zero-order chi connectivity index (χ0) is 47.1. The fourth-order valence-electron chi connectivity index (χ4n) is 8.72. The van der Waals surface area contributed by atoms with Gasteiger partial charge in [0.15, 0.2) is 0 Å². The molecular weight excluding hydrogens is 870 g/mol. The van der Waals surface area contributed by atoms with Crippen molar-refractivity contribution in [3.8, 4) is 0 Å². The Hall–Kier alpha value is 0.281. The summed E-state index contributed by atoms with van der Waals surface area (Å²) in [5.41, 5.74) is 0. The molecule has 0 aromatic carbocycles. The number of hydrogen-bond donors (Lipinski definition) is 0. The van der Waals surface area contributed by atoms with E-state index in [0.717, 1.165) is 51.2 Å². The predicted octanol–water partition coefficient (Wildman–Crippen LogP) is 5.17. The lowest BCUT2D eigenvalue weighted by Gasteiger charge is -2.39. The molecule has 0 amide bonds. The van der Waals surface area contributed by atoms with E-state index < -0.39 is 34.2 Å². The smallest absolute Gasteiger partial charge is 0.506 e. The fraction of sp³-hybridized carbons (Fsp3) is 1.00. The third-order valence-electron chi connectivity index (χ3n) is 11.8. The fourth-order valence-corrected chi connectivity index (χ4v) is 17.2. The zero-order valence-corrected chi connectivity index (χ0v) is 45.7. The Morgan fingerprint density at radius 2 is 0.500 bits per heavy atom. The molecule has 374 valence electrons. The van der Waals surface area contributed by atoms with E-state index in [4.69, 9.17) is 59.1 Å². The van der Waals surface area contributed by atoms with Crippen molar-refractivity contribution < 1.29 is 72.5 Å². The molecule has 3 aliphatic rings. The Kier molecular flexibility index (Phi) is 33.9. The van der Waals surface area contributed by atoms with E-state index in [-0.39, 0.29) is 0 Å². The van der Waals surface area contributed by atoms with Gasteiger partial charge < -0.3 is 72.5 Å². The van der Waals surface area contributed by atoms with Gasteiger partial charge in [0.05, 0.1) is 98.2 Å². The third-order valence-corrected chi connectivity index (χ3v) is 20.9. The van der Waals surface area contributed by atoms with E-state index >= 15 is 0 Å². The molecule has 3 heterocycles. The summed E-state index contributed by atoms with van der Waals surface area (Å²) in [6.45, 7) is 35.4. The van der Waals surface area contributed by atoms with Gasteiger partial charge in [0.25, 0.3) is 0 Å². The maximum atomic E-state index is 8.55. The van der Waals surface area contributed by atoms with Crippen molar-refractivity contribution in [1.29, 1.82) is 0 Å². The molecule has 0 unspecified atom stereocenters. The van der Waals surface area contributed by atoms with Crippen LogP contribution in [-0.4, -0.2) is 179 Å². The van der Waals surface area contributed by atoms with Gasteiger partial charge in [-0.15, -0.1) is 0 Å². The Morgan fingerprint density at radius 1 is 0.355 bits per heavy atom. The van der Waals surface area contributed by atoms with Crippen LogP contribution in [0.3, 0.4) is 0 Å². The van der Waals surface area contributed by atoms with Crippen LogP contribution in [0.15, 0.2) is 0 Å². The van der Waals surface area contributed by atoms with Crippen LogP contribution in [-0.2, 0) is 44.4 Å². The van der Waals surface area contributed by atoms with Gasteiger partial charge >= 0.3 is 26.4 Å². The number of quaternary nitrogens is 3. The molecule has 0 radical (unpaired) electrons. The summed E-state index contributed by atoms with van der Waals surface area (Å²) in [5.74, 6) is 0. The molecule has 3 rings (SSSR count). The summed E-state index contributed by atoms with van der Waals surface area (Å²) >= 11 is 0. The summed E-state index contributed by atoms with van der Waals surface area (Å²) < 4.78 is 65.4. The van der Waals surface area contributed by atoms with Crippen LogP contribution in [0, 0.1) is 0 Å². The molecule has 0 atom stereocenters. The maximum absolute atomic E-state index is 8.55. The lowest BCUT2D eigenvalue weighted by molar-refractivity contribution is -0.912. The van der Waals surface area contributed by atoms with E-state index in [2.05, 4.69) is 21.1 Å². The van der Waals surface area contributed by atoms with Crippen molar-refractivity contribution in [3.05, 3.63) is 0 Å². The summed E-state index contributed by atoms with van der Waals surface area (Å²) in [6.07, 6.45) is 12.3. The zero-order valence-electron chi connectivity index (χ0n) is 41.8. The summed E-state index contributed by atoms with van der Waals surface area (Å²) in [5, 5.41) is 0. The van der Waals surface area contributed by atoms with Gasteiger partial charge in [-0.25, -0.2) is 0 Å². The lowest BCUT2D eigenvalue weighted by Crippen LogP contribution is -2.54. The first kappa shape index (κ1) is 62.3. The Morgan fingerprint density at radius 3 is 0.629 bits per heavy atom. The molecule has 0 saturated carbocycles. The molecule has 20 heteroatoms. The maximum Gasteiger partial charge on any atom is 0.506 e. The van der Waals surface area contributed by atoms with Crippen molar-refractivity contribution in [2.24, 2.45) is 0 Å². The SMILES string of the molecule is CCO[Si](CC[N+]1(C)CCCCC1)(OCC)OCC.CCO[Si](CC[N+]1(C)CCCCC1)(OCC)OCC.CCO[Si](CC[N+]1(C)CCCCC1)(OCC)OCC.O=P([O-])([O-])[O-]. The largest absolute Gasteiger partial charge is 0.822 e. The predicted molar refractivity (Wildman–Crippen MR) is 248 cm³/mol. The van der Waals surface area contributed by atoms with Gasteiger partial charge in [-0.1, -0.05) is 0 Å². The molecule has 3 aliphatic heterocycles. The molecule has 16 nitrogen and oxygen atoms in total. The average Bonchev–Trinajstić information content (AvgIpc) is 3.21. The molecule has 3 saturated heterocycles. The minimum Gasteiger partial charge on any atom is -0.822 e. The van der Waals surface area contributed by atoms with Crippen molar-refractivity contribution in [3.63, 3.8) is 0 Å². The number of likely N-dealkylation sites (tertiary alicyclic amines) is 3. The summed E-state index contributed by atoms with van der Waals surface area (Å²) in [4.78, 5) is 25.6. The highest BCUT2D eigenvalue weighted by molar-refractivity contribution is 7.40. The lowest BCUT2D eigenvalue weighted by atomic mass is 10.1. The number of phosphoric acid groups is 1. The number of piperidine rings is 3. The van der Waals surface area contributed by atoms with E-state index in [9.17, 15) is 0 Å². The minimum absolute atomic E-state index is 0.677. The molecular formula is C42H96N3O13PSi3. The normalized spacial score (nSPS) is 19.0. The Labute approximate surface area is 383 Å². The van der Waals surface area contributed by atoms with Crippen LogP contribution in [0.2, 0.25) is 18.1 Å². The van der Waals surface area contributed by atoms with Crippen molar-refractivity contribution in [1.82, 2.24) is 0 Å². The highest BCUT2D eigenvalue weighted by Gasteiger charge is 2.45. The third kappa shape index (κ3) is 27.8. The standard InChI is InChI=1S/3C14H32NO3Si.H3O4P/c3*1-5-16-19(17-6-2,18-7-3)14-13-15(4)11-9-8-10-12-15;1-5(2,3)4/h3*5-14H2,1-4H3;(H3,1,2,3,4)/q3*+1;/p-3. The molecule has 0 aromatic heterocycles. The van der Waals surface area contributed by atoms with Gasteiger partial charge in [-0.3, -0.25) is 0 Å². The Balaban J connectivity index is 0.000000851. The number of nitrogens with zero attached hydrogens (tertiary/aromatic N) is 3. The molecule has 0 aromatic rings. The Bertz CT molecular complexity index is 954. The monoisotopic (exact) mass is 966 g/mol. The van der Waals surface area contributed by atoms with E-state index in [0.29, 0.717) is 59.5 Å². The van der Waals surface area contributed by atoms with Gasteiger partial charge in [-0.2, -0.15) is 7.82 Å². The minimum atomic E-state index is -5.39. The van der Waals surface area contributed by atoms with Crippen LogP contribution in [0.5, 0.6) is 0 Å². The first-order valence-electron chi connectivity index (χ1n) is 24.3. The number of rotatable bonds is 27. The topological polar surface area (TPSA) is 169 Å². The summed E-state index contributed by atoms with van der Waals surface area (Å²) in [6, 6.07) is 2.83. The van der Waals surface area contributed by atoms with Crippen LogP contribution in [0.25, 0.3) is 0 Å². The van der Waals surface area contributed by atoms with E-state index in [1.165, 1.54) is 97.1 Å². The molecule has 62 heavy (non-hydrogen) atoms. The first-order chi connectivity index (χ1) is 29.3. The molecule has 3 fully saturated rings. The van der Waals surface area contributed by atoms with Crippen LogP contribution in [0.4, 0.5) is 0 Å². The van der Waals surface area contributed by atoms with Crippen LogP contribution in [0.1, 0.15) is 120 Å². The van der Waals surface area contributed by atoms with Crippen LogP contribution >= 0.6 is 7.82 Å². The number of hydrogen-bond acceptors (Lipinski definition) is 13. The van der Waals surface area contributed by atoms with Crippen LogP contribution < -0.4 is 14.7 Å². The highest BCUT2D eigenvalue weighted by Crippen LogP contribution is 2.25. The first-order valence-corrected chi connectivity index (χ1v) is 31.5. The summed E-state index contributed by atoms with van der Waals surface area (Å²) in [7, 11) is -5.63. The molecule has 0 aliphatic carbocycles. The molecule has 0 spiro atoms. The second-order valence-electron chi connectivity index (χ2n) is 17.2. The van der Waals surface area contributed by atoms with E-state index in [1.807, 2.05) is 62.3 Å². The van der Waals surface area contributed by atoms with Gasteiger partial charge in [0.1, 0.15) is 0 Å². The average molecular weight is 966 g/mol. The second-order valence-corrected chi connectivity index (χ2v) is 26.3.